The van der Waals surface area contributed by atoms with E-state index in [2.05, 4.69) is 59.5 Å². The van der Waals surface area contributed by atoms with E-state index >= 15 is 0 Å². The Bertz CT molecular complexity index is 1420. The van der Waals surface area contributed by atoms with Crippen molar-refractivity contribution in [2.45, 2.75) is 27.4 Å². The average molecular weight is 781 g/mol. The third-order valence-corrected chi connectivity index (χ3v) is 7.45. The maximum Gasteiger partial charge on any atom is 0.290 e. The Morgan fingerprint density at radius 2 is 1.82 bits per heavy atom. The summed E-state index contributed by atoms with van der Waals surface area (Å²) in [5, 5.41) is 4.50. The molecular weight excluding hydrogens is 757 g/mol. The number of methoxy groups -OCH3 is 1. The zero-order valence-corrected chi connectivity index (χ0v) is 26.1. The number of alkyl halides is 4. The van der Waals surface area contributed by atoms with Gasteiger partial charge >= 0.3 is 0 Å². The zero-order valence-electron chi connectivity index (χ0n) is 20.6. The molecule has 1 unspecified atom stereocenters. The number of ether oxygens (including phenoxy) is 2. The maximum absolute atomic E-state index is 13.8. The number of halogens is 4. The summed E-state index contributed by atoms with van der Waals surface area (Å²) in [6.07, 6.45) is -1.67. The van der Waals surface area contributed by atoms with Gasteiger partial charge in [-0.2, -0.15) is 5.10 Å². The summed E-state index contributed by atoms with van der Waals surface area (Å²) in [6.45, 7) is -0.790. The number of carbonyl (C=O) groups excluding carboxylic acids is 2. The van der Waals surface area contributed by atoms with Gasteiger partial charge in [-0.3, -0.25) is 14.4 Å². The molecule has 1 aliphatic rings. The van der Waals surface area contributed by atoms with Crippen molar-refractivity contribution in [1.82, 2.24) is 9.78 Å². The minimum absolute atomic E-state index is 0.0527. The molecule has 13 heteroatoms. The van der Waals surface area contributed by atoms with Gasteiger partial charge in [-0.25, -0.2) is 13.5 Å². The molecule has 3 atom stereocenters. The number of hydrogen-bond acceptors (Lipinski definition) is 6. The third kappa shape index (κ3) is 6.94. The molecule has 3 aromatic rings. The second kappa shape index (κ2) is 13.0. The van der Waals surface area contributed by atoms with E-state index in [4.69, 9.17) is 9.47 Å². The first kappa shape index (κ1) is 29.8. The number of benzene rings is 2. The van der Waals surface area contributed by atoms with Crippen molar-refractivity contribution in [3.8, 4) is 11.5 Å². The van der Waals surface area contributed by atoms with E-state index in [-0.39, 0.29) is 26.6 Å². The van der Waals surface area contributed by atoms with Crippen LogP contribution in [-0.4, -0.2) is 43.7 Å². The topological polar surface area (TPSA) is 90.7 Å². The number of rotatable bonds is 10. The molecule has 1 aromatic heterocycles. The second-order valence-corrected chi connectivity index (χ2v) is 14.0. The lowest BCUT2D eigenvalue weighted by Gasteiger charge is -2.19. The van der Waals surface area contributed by atoms with Crippen LogP contribution in [-0.2, 0) is 11.3 Å². The third-order valence-electron chi connectivity index (χ3n) is 6.44. The fraction of sp³-hybridized carbons (Fsp3) is 0.308. The van der Waals surface area contributed by atoms with Gasteiger partial charge in [0.25, 0.3) is 12.0 Å². The van der Waals surface area contributed by atoms with Crippen molar-refractivity contribution >= 4 is 77.1 Å². The van der Waals surface area contributed by atoms with Crippen molar-refractivity contribution < 1.29 is 27.8 Å². The van der Waals surface area contributed by atoms with E-state index in [1.165, 1.54) is 17.2 Å². The molecule has 2 aromatic carbocycles. The molecule has 0 bridgehead atoms. The van der Waals surface area contributed by atoms with Crippen LogP contribution in [0.1, 0.15) is 28.3 Å². The quantitative estimate of drug-likeness (QED) is 0.130. The maximum atomic E-state index is 13.8. The standard InChI is InChI=1S/C26H24F2I2N3O5P/c1-37-16-6-7-17(22(39)10-16)19-12-32(20-8-9-31-33(25(20)36)13-23(27)28)24(35)18(19)11-21(34)14-2-4-15(5-3-14)38-26(29)30/h2-10,18-19,23,26H,11-13,39H2,1H3/t18-,19-/m0/s1. The number of carbonyl (C=O) groups is 2. The highest BCUT2D eigenvalue weighted by Gasteiger charge is 2.44. The molecule has 206 valence electrons. The average Bonchev–Trinajstić information content (AvgIpc) is 3.20. The lowest BCUT2D eigenvalue weighted by atomic mass is 9.84. The van der Waals surface area contributed by atoms with Gasteiger partial charge in [-0.05, 0) is 98.5 Å². The molecule has 0 radical (unpaired) electrons. The van der Waals surface area contributed by atoms with Gasteiger partial charge in [-0.15, -0.1) is 9.24 Å². The first-order chi connectivity index (χ1) is 18.6. The van der Waals surface area contributed by atoms with E-state index in [0.29, 0.717) is 21.7 Å². The van der Waals surface area contributed by atoms with Crippen LogP contribution >= 0.6 is 54.4 Å². The molecule has 1 amide bonds. The molecule has 1 saturated heterocycles. The lowest BCUT2D eigenvalue weighted by molar-refractivity contribution is -0.120. The molecular formula is C26H24F2I2N3O5P. The van der Waals surface area contributed by atoms with Gasteiger partial charge < -0.3 is 14.4 Å². The highest BCUT2D eigenvalue weighted by molar-refractivity contribution is 14.2. The van der Waals surface area contributed by atoms with Gasteiger partial charge in [0.15, 0.2) is 7.90 Å². The SMILES string of the molecule is COc1ccc([C@@H]2CN(c3ccnn(CC(F)F)c3=O)C(=O)[C@H]2CC(=O)c2ccc(OC(I)I)cc2)c(P)c1. The van der Waals surface area contributed by atoms with Crippen LogP contribution in [0.25, 0.3) is 0 Å². The Labute approximate surface area is 252 Å². The van der Waals surface area contributed by atoms with Crippen molar-refractivity contribution in [2.24, 2.45) is 5.92 Å². The van der Waals surface area contributed by atoms with E-state index in [1.807, 2.05) is 6.07 Å². The van der Waals surface area contributed by atoms with Gasteiger partial charge in [0, 0.05) is 30.6 Å². The molecule has 0 saturated carbocycles. The number of anilines is 1. The highest BCUT2D eigenvalue weighted by Crippen LogP contribution is 2.38. The van der Waals surface area contributed by atoms with Crippen LogP contribution < -0.4 is 25.2 Å². The monoisotopic (exact) mass is 781 g/mol. The minimum Gasteiger partial charge on any atom is -0.497 e. The van der Waals surface area contributed by atoms with Crippen LogP contribution in [0.15, 0.2) is 59.5 Å². The summed E-state index contributed by atoms with van der Waals surface area (Å²) in [5.74, 6) is -0.661. The fourth-order valence-electron chi connectivity index (χ4n) is 4.61. The van der Waals surface area contributed by atoms with Crippen LogP contribution in [0, 0.1) is 5.92 Å². The molecule has 0 N–H and O–H groups in total. The summed E-state index contributed by atoms with van der Waals surface area (Å²) < 4.78 is 37.5. The molecule has 0 aliphatic carbocycles. The van der Waals surface area contributed by atoms with Gasteiger partial charge in [-0.1, -0.05) is 6.07 Å². The summed E-state index contributed by atoms with van der Waals surface area (Å²) in [6, 6.07) is 13.4. The van der Waals surface area contributed by atoms with E-state index in [1.54, 1.807) is 43.5 Å². The van der Waals surface area contributed by atoms with Crippen LogP contribution in [0.3, 0.4) is 0 Å². The van der Waals surface area contributed by atoms with Crippen molar-refractivity contribution in [3.05, 3.63) is 76.2 Å². The summed E-state index contributed by atoms with van der Waals surface area (Å²) in [4.78, 5) is 41.3. The largest absolute Gasteiger partial charge is 0.497 e. The number of nitrogens with zero attached hydrogens (tertiary/aromatic N) is 3. The normalized spacial score (nSPS) is 17.2. The predicted octanol–water partition coefficient (Wildman–Crippen LogP) is 4.57. The molecule has 2 heterocycles. The van der Waals surface area contributed by atoms with Crippen molar-refractivity contribution in [3.63, 3.8) is 0 Å². The van der Waals surface area contributed by atoms with Crippen molar-refractivity contribution in [1.29, 1.82) is 0 Å². The Morgan fingerprint density at radius 3 is 2.44 bits per heavy atom. The van der Waals surface area contributed by atoms with Crippen LogP contribution in [0.2, 0.25) is 0 Å². The first-order valence-corrected chi connectivity index (χ1v) is 14.8. The summed E-state index contributed by atoms with van der Waals surface area (Å²) in [7, 11) is 4.17. The molecule has 0 spiro atoms. The van der Waals surface area contributed by atoms with Gasteiger partial charge in [0.1, 0.15) is 23.7 Å². The number of ketones is 1. The molecule has 39 heavy (non-hydrogen) atoms. The highest BCUT2D eigenvalue weighted by atomic mass is 127. The molecule has 1 fully saturated rings. The van der Waals surface area contributed by atoms with Crippen LogP contribution in [0.5, 0.6) is 11.5 Å². The van der Waals surface area contributed by atoms with Gasteiger partial charge in [0.2, 0.25) is 5.91 Å². The summed E-state index contributed by atoms with van der Waals surface area (Å²) in [5.41, 5.74) is 0.380. The molecule has 4 rings (SSSR count). The summed E-state index contributed by atoms with van der Waals surface area (Å²) >= 11 is 4.23. The fourth-order valence-corrected chi connectivity index (χ4v) is 5.67. The minimum atomic E-state index is -2.78. The van der Waals surface area contributed by atoms with Crippen LogP contribution in [0.4, 0.5) is 14.5 Å². The zero-order chi connectivity index (χ0) is 28.3. The Kier molecular flexibility index (Phi) is 9.92. The number of hydrogen-bond donors (Lipinski definition) is 0. The molecule has 8 nitrogen and oxygen atoms in total. The second-order valence-electron chi connectivity index (χ2n) is 8.78. The Morgan fingerprint density at radius 1 is 1.13 bits per heavy atom. The Balaban J connectivity index is 1.68. The van der Waals surface area contributed by atoms with Gasteiger partial charge in [0.05, 0.1) is 13.0 Å². The number of aromatic nitrogens is 2. The number of amides is 1. The van der Waals surface area contributed by atoms with Crippen molar-refractivity contribution in [2.75, 3.05) is 18.6 Å². The predicted molar refractivity (Wildman–Crippen MR) is 163 cm³/mol. The lowest BCUT2D eigenvalue weighted by Crippen LogP contribution is -2.36. The first-order valence-electron chi connectivity index (χ1n) is 11.8. The number of Topliss-reactive ketones (excluding diaryl/α,β-unsaturated/α-hetero) is 1. The van der Waals surface area contributed by atoms with E-state index < -0.39 is 36.3 Å². The van der Waals surface area contributed by atoms with E-state index in [9.17, 15) is 23.2 Å². The van der Waals surface area contributed by atoms with E-state index in [0.717, 1.165) is 10.9 Å². The molecule has 1 aliphatic heterocycles. The smallest absolute Gasteiger partial charge is 0.290 e. The Hall–Kier alpha value is -2.19.